The second-order valence-electron chi connectivity index (χ2n) is 6.74. The topological polar surface area (TPSA) is 127 Å². The van der Waals surface area contributed by atoms with Crippen molar-refractivity contribution >= 4 is 34.8 Å². The third-order valence-corrected chi connectivity index (χ3v) is 4.25. The van der Waals surface area contributed by atoms with Gasteiger partial charge in [0.2, 0.25) is 5.91 Å². The Labute approximate surface area is 185 Å². The van der Waals surface area contributed by atoms with Crippen molar-refractivity contribution in [2.75, 3.05) is 32.0 Å². The maximum Gasteiger partial charge on any atom is 0.329 e. The zero-order valence-electron chi connectivity index (χ0n) is 18.6. The maximum absolute atomic E-state index is 12.3. The molecule has 10 nitrogen and oxygen atoms in total. The fraction of sp³-hybridized carbons (Fsp3) is 0.273. The van der Waals surface area contributed by atoms with Crippen molar-refractivity contribution in [2.45, 2.75) is 20.3 Å². The van der Waals surface area contributed by atoms with E-state index >= 15 is 0 Å². The van der Waals surface area contributed by atoms with E-state index in [1.807, 2.05) is 13.0 Å². The number of carbonyl (C=O) groups is 3. The first kappa shape index (κ1) is 24.2. The molecule has 0 saturated heterocycles. The number of anilines is 2. The molecule has 170 valence electrons. The molecule has 0 aliphatic rings. The van der Waals surface area contributed by atoms with E-state index in [-0.39, 0.29) is 18.0 Å². The minimum atomic E-state index is -1.00. The summed E-state index contributed by atoms with van der Waals surface area (Å²) in [5, 5.41) is 8.98. The van der Waals surface area contributed by atoms with Gasteiger partial charge >= 0.3 is 11.8 Å². The van der Waals surface area contributed by atoms with Gasteiger partial charge in [-0.25, -0.2) is 5.43 Å². The predicted octanol–water partition coefficient (Wildman–Crippen LogP) is 2.48. The van der Waals surface area contributed by atoms with Crippen LogP contribution in [0.15, 0.2) is 41.5 Å². The Hall–Kier alpha value is -4.08. The van der Waals surface area contributed by atoms with E-state index in [0.717, 1.165) is 5.56 Å². The summed E-state index contributed by atoms with van der Waals surface area (Å²) < 4.78 is 15.5. The second kappa shape index (κ2) is 11.3. The molecule has 0 aromatic heterocycles. The van der Waals surface area contributed by atoms with E-state index in [4.69, 9.17) is 14.2 Å². The molecular formula is C22H26N4O6. The van der Waals surface area contributed by atoms with Crippen molar-refractivity contribution in [2.24, 2.45) is 5.10 Å². The number of ether oxygens (including phenoxy) is 3. The summed E-state index contributed by atoms with van der Waals surface area (Å²) in [6.07, 6.45) is -0.0945. The average molecular weight is 442 g/mol. The number of hydrogen-bond donors (Lipinski definition) is 3. The van der Waals surface area contributed by atoms with Crippen molar-refractivity contribution in [3.8, 4) is 17.2 Å². The van der Waals surface area contributed by atoms with E-state index in [1.54, 1.807) is 31.2 Å². The minimum Gasteiger partial charge on any atom is -0.497 e. The molecule has 0 aliphatic carbocycles. The molecule has 10 heteroatoms. The number of amides is 3. The van der Waals surface area contributed by atoms with Gasteiger partial charge in [0.25, 0.3) is 0 Å². The van der Waals surface area contributed by atoms with Gasteiger partial charge in [-0.05, 0) is 43.7 Å². The highest BCUT2D eigenvalue weighted by atomic mass is 16.5. The first-order valence-electron chi connectivity index (χ1n) is 9.58. The van der Waals surface area contributed by atoms with Crippen LogP contribution in [0.25, 0.3) is 0 Å². The number of hydrogen-bond acceptors (Lipinski definition) is 7. The van der Waals surface area contributed by atoms with Crippen LogP contribution in [0.5, 0.6) is 17.2 Å². The molecule has 0 heterocycles. The molecule has 0 radical (unpaired) electrons. The molecule has 0 atom stereocenters. The van der Waals surface area contributed by atoms with E-state index in [9.17, 15) is 14.4 Å². The third kappa shape index (κ3) is 6.73. The zero-order chi connectivity index (χ0) is 23.7. The molecule has 3 amide bonds. The van der Waals surface area contributed by atoms with Crippen molar-refractivity contribution in [1.29, 1.82) is 0 Å². The molecular weight excluding hydrogens is 416 g/mol. The molecule has 32 heavy (non-hydrogen) atoms. The fourth-order valence-electron chi connectivity index (χ4n) is 2.67. The Morgan fingerprint density at radius 3 is 2.09 bits per heavy atom. The molecule has 2 rings (SSSR count). The smallest absolute Gasteiger partial charge is 0.329 e. The Morgan fingerprint density at radius 2 is 1.47 bits per heavy atom. The lowest BCUT2D eigenvalue weighted by molar-refractivity contribution is -0.136. The Balaban J connectivity index is 1.95. The molecule has 0 unspecified atom stereocenters. The zero-order valence-corrected chi connectivity index (χ0v) is 18.6. The van der Waals surface area contributed by atoms with Crippen LogP contribution < -0.4 is 30.3 Å². The van der Waals surface area contributed by atoms with Crippen LogP contribution in [0.4, 0.5) is 11.4 Å². The van der Waals surface area contributed by atoms with Crippen LogP contribution in [0.2, 0.25) is 0 Å². The summed E-state index contributed by atoms with van der Waals surface area (Å²) in [4.78, 5) is 36.5. The Bertz CT molecular complexity index is 1040. The van der Waals surface area contributed by atoms with Crippen molar-refractivity contribution in [3.05, 3.63) is 42.0 Å². The number of aryl methyl sites for hydroxylation is 1. The van der Waals surface area contributed by atoms with Gasteiger partial charge in [-0.2, -0.15) is 5.10 Å². The molecule has 0 spiro atoms. The summed E-state index contributed by atoms with van der Waals surface area (Å²) in [6, 6.07) is 10.2. The van der Waals surface area contributed by atoms with Gasteiger partial charge in [0, 0.05) is 11.8 Å². The monoisotopic (exact) mass is 442 g/mol. The first-order valence-corrected chi connectivity index (χ1v) is 9.58. The minimum absolute atomic E-state index is 0.0945. The number of rotatable bonds is 8. The lowest BCUT2D eigenvalue weighted by Gasteiger charge is -2.11. The fourth-order valence-corrected chi connectivity index (χ4v) is 2.67. The van der Waals surface area contributed by atoms with Crippen LogP contribution in [-0.2, 0) is 14.4 Å². The Morgan fingerprint density at radius 1 is 0.844 bits per heavy atom. The molecule has 0 aliphatic heterocycles. The van der Waals surface area contributed by atoms with Crippen molar-refractivity contribution < 1.29 is 28.6 Å². The van der Waals surface area contributed by atoms with E-state index in [1.165, 1.54) is 27.4 Å². The predicted molar refractivity (Wildman–Crippen MR) is 120 cm³/mol. The highest BCUT2D eigenvalue weighted by Crippen LogP contribution is 2.28. The second-order valence-corrected chi connectivity index (χ2v) is 6.74. The lowest BCUT2D eigenvalue weighted by atomic mass is 10.2. The lowest BCUT2D eigenvalue weighted by Crippen LogP contribution is -2.33. The molecule has 0 saturated carbocycles. The van der Waals surface area contributed by atoms with Gasteiger partial charge in [0.05, 0.1) is 39.1 Å². The van der Waals surface area contributed by atoms with Crippen molar-refractivity contribution in [1.82, 2.24) is 5.43 Å². The van der Waals surface area contributed by atoms with Crippen LogP contribution >= 0.6 is 0 Å². The highest BCUT2D eigenvalue weighted by molar-refractivity contribution is 6.39. The largest absolute Gasteiger partial charge is 0.497 e. The van der Waals surface area contributed by atoms with Crippen LogP contribution in [-0.4, -0.2) is 44.8 Å². The number of nitrogens with one attached hydrogen (secondary N) is 3. The van der Waals surface area contributed by atoms with Gasteiger partial charge in [-0.15, -0.1) is 0 Å². The van der Waals surface area contributed by atoms with Crippen LogP contribution in [0.3, 0.4) is 0 Å². The van der Waals surface area contributed by atoms with Gasteiger partial charge in [-0.1, -0.05) is 6.07 Å². The standard InChI is InChI=1S/C22H26N4O6/c1-13-6-8-18(31-4)16(10-13)23-20(27)11-14(2)25-26-22(29)21(28)24-17-12-15(30-3)7-9-19(17)32-5/h6-10,12H,11H2,1-5H3,(H,23,27)(H,24,28)(H,26,29). The van der Waals surface area contributed by atoms with E-state index in [2.05, 4.69) is 21.2 Å². The normalized spacial score (nSPS) is 10.7. The molecule has 0 fully saturated rings. The molecule has 0 bridgehead atoms. The quantitative estimate of drug-likeness (QED) is 0.327. The number of nitrogens with zero attached hydrogens (tertiary/aromatic N) is 1. The third-order valence-electron chi connectivity index (χ3n) is 4.25. The Kier molecular flexibility index (Phi) is 8.58. The van der Waals surface area contributed by atoms with Crippen LogP contribution in [0, 0.1) is 6.92 Å². The van der Waals surface area contributed by atoms with Gasteiger partial charge in [0.1, 0.15) is 17.2 Å². The highest BCUT2D eigenvalue weighted by Gasteiger charge is 2.17. The summed E-state index contributed by atoms with van der Waals surface area (Å²) in [6.45, 7) is 3.44. The average Bonchev–Trinajstić information content (AvgIpc) is 2.77. The summed E-state index contributed by atoms with van der Waals surface area (Å²) in [7, 11) is 4.42. The van der Waals surface area contributed by atoms with Crippen molar-refractivity contribution in [3.63, 3.8) is 0 Å². The van der Waals surface area contributed by atoms with Gasteiger partial charge in [-0.3, -0.25) is 14.4 Å². The van der Waals surface area contributed by atoms with Gasteiger partial charge < -0.3 is 24.8 Å². The first-order chi connectivity index (χ1) is 15.3. The van der Waals surface area contributed by atoms with Gasteiger partial charge in [0.15, 0.2) is 0 Å². The molecule has 2 aromatic carbocycles. The van der Waals surface area contributed by atoms with E-state index < -0.39 is 11.8 Å². The SMILES string of the molecule is COc1ccc(OC)c(NC(=O)C(=O)NN=C(C)CC(=O)Nc2cc(C)ccc2OC)c1. The van der Waals surface area contributed by atoms with Crippen LogP contribution in [0.1, 0.15) is 18.9 Å². The maximum atomic E-state index is 12.3. The summed E-state index contributed by atoms with van der Waals surface area (Å²) in [5.74, 6) is -0.954. The number of carbonyl (C=O) groups excluding carboxylic acids is 3. The molecule has 2 aromatic rings. The number of benzene rings is 2. The summed E-state index contributed by atoms with van der Waals surface area (Å²) in [5.41, 5.74) is 4.18. The van der Waals surface area contributed by atoms with E-state index in [0.29, 0.717) is 28.6 Å². The number of hydrazone groups is 1. The molecule has 3 N–H and O–H groups in total. The summed E-state index contributed by atoms with van der Waals surface area (Å²) >= 11 is 0. The number of methoxy groups -OCH3 is 3.